The van der Waals surface area contributed by atoms with Crippen LogP contribution in [0, 0.1) is 12.7 Å². The minimum Gasteiger partial charge on any atom is -0.392 e. The molecule has 7 heteroatoms. The fraction of sp³-hybridized carbons (Fsp3) is 0.190. The highest BCUT2D eigenvalue weighted by Crippen LogP contribution is 2.18. The van der Waals surface area contributed by atoms with Crippen LogP contribution in [0.5, 0.6) is 0 Å². The van der Waals surface area contributed by atoms with Crippen molar-refractivity contribution in [3.8, 4) is 16.9 Å². The molecule has 0 aliphatic heterocycles. The van der Waals surface area contributed by atoms with E-state index in [0.29, 0.717) is 11.3 Å². The van der Waals surface area contributed by atoms with E-state index in [9.17, 15) is 19.1 Å². The van der Waals surface area contributed by atoms with E-state index in [-0.39, 0.29) is 17.8 Å². The average molecular weight is 381 g/mol. The molecule has 3 rings (SSSR count). The summed E-state index contributed by atoms with van der Waals surface area (Å²) in [5, 5.41) is 16.2. The molecule has 0 fully saturated rings. The molecular formula is C21H20FN3O3. The second-order valence-electron chi connectivity index (χ2n) is 6.57. The van der Waals surface area contributed by atoms with Crippen molar-refractivity contribution in [1.29, 1.82) is 0 Å². The van der Waals surface area contributed by atoms with E-state index < -0.39 is 23.4 Å². The first-order chi connectivity index (χ1) is 13.3. The summed E-state index contributed by atoms with van der Waals surface area (Å²) in [5.74, 6) is -1.15. The van der Waals surface area contributed by atoms with Gasteiger partial charge in [0, 0.05) is 12.1 Å². The first-order valence-electron chi connectivity index (χ1n) is 8.79. The van der Waals surface area contributed by atoms with Crippen LogP contribution in [-0.2, 0) is 0 Å². The number of halogens is 1. The van der Waals surface area contributed by atoms with Gasteiger partial charge in [-0.1, -0.05) is 35.9 Å². The topological polar surface area (TPSA) is 84.2 Å². The first kappa shape index (κ1) is 19.4. The van der Waals surface area contributed by atoms with Crippen molar-refractivity contribution in [2.75, 3.05) is 6.54 Å². The van der Waals surface area contributed by atoms with Gasteiger partial charge < -0.3 is 10.4 Å². The van der Waals surface area contributed by atoms with Gasteiger partial charge >= 0.3 is 0 Å². The molecule has 2 N–H and O–H groups in total. The van der Waals surface area contributed by atoms with Crippen molar-refractivity contribution in [3.63, 3.8) is 0 Å². The Bertz CT molecular complexity index is 1060. The number of nitrogens with zero attached hydrogens (tertiary/aromatic N) is 2. The van der Waals surface area contributed by atoms with E-state index in [1.807, 2.05) is 31.2 Å². The normalized spacial score (nSPS) is 11.9. The highest BCUT2D eigenvalue weighted by Gasteiger charge is 2.18. The van der Waals surface area contributed by atoms with Crippen LogP contribution in [0.1, 0.15) is 22.8 Å². The van der Waals surface area contributed by atoms with Crippen molar-refractivity contribution in [2.24, 2.45) is 0 Å². The van der Waals surface area contributed by atoms with Crippen molar-refractivity contribution in [2.45, 2.75) is 20.0 Å². The summed E-state index contributed by atoms with van der Waals surface area (Å²) in [6.45, 7) is 3.47. The van der Waals surface area contributed by atoms with Gasteiger partial charge in [0.05, 0.1) is 17.5 Å². The highest BCUT2D eigenvalue weighted by atomic mass is 19.1. The second kappa shape index (κ2) is 8.14. The van der Waals surface area contributed by atoms with Gasteiger partial charge in [0.15, 0.2) is 0 Å². The summed E-state index contributed by atoms with van der Waals surface area (Å²) < 4.78 is 14.7. The third-order valence-corrected chi connectivity index (χ3v) is 4.11. The van der Waals surface area contributed by atoms with E-state index >= 15 is 0 Å². The molecule has 0 saturated carbocycles. The smallest absolute Gasteiger partial charge is 0.284 e. The predicted octanol–water partition coefficient (Wildman–Crippen LogP) is 2.46. The van der Waals surface area contributed by atoms with Crippen molar-refractivity contribution >= 4 is 5.91 Å². The maximum atomic E-state index is 13.7. The molecule has 0 saturated heterocycles. The van der Waals surface area contributed by atoms with Gasteiger partial charge in [-0.25, -0.2) is 4.39 Å². The van der Waals surface area contributed by atoms with Crippen LogP contribution in [0.3, 0.4) is 0 Å². The lowest BCUT2D eigenvalue weighted by Crippen LogP contribution is -2.36. The Hall–Kier alpha value is -3.32. The molecule has 0 radical (unpaired) electrons. The maximum Gasteiger partial charge on any atom is 0.284 e. The van der Waals surface area contributed by atoms with Crippen LogP contribution in [0.4, 0.5) is 4.39 Å². The zero-order valence-corrected chi connectivity index (χ0v) is 15.5. The lowest BCUT2D eigenvalue weighted by molar-refractivity contribution is 0.0922. The summed E-state index contributed by atoms with van der Waals surface area (Å²) in [6, 6.07) is 14.3. The molecule has 1 amide bonds. The summed E-state index contributed by atoms with van der Waals surface area (Å²) >= 11 is 0. The number of aryl methyl sites for hydroxylation is 1. The number of carbonyl (C=O) groups excluding carboxylic acids is 1. The number of carbonyl (C=O) groups is 1. The highest BCUT2D eigenvalue weighted by molar-refractivity contribution is 5.94. The lowest BCUT2D eigenvalue weighted by Gasteiger charge is -2.12. The minimum absolute atomic E-state index is 0.000423. The molecule has 1 heterocycles. The zero-order valence-electron chi connectivity index (χ0n) is 15.5. The molecule has 6 nitrogen and oxygen atoms in total. The van der Waals surface area contributed by atoms with E-state index in [4.69, 9.17) is 0 Å². The molecule has 144 valence electrons. The molecule has 2 aromatic carbocycles. The van der Waals surface area contributed by atoms with E-state index in [0.717, 1.165) is 10.2 Å². The van der Waals surface area contributed by atoms with Gasteiger partial charge in [0.2, 0.25) is 0 Å². The fourth-order valence-electron chi connectivity index (χ4n) is 2.64. The largest absolute Gasteiger partial charge is 0.392 e. The summed E-state index contributed by atoms with van der Waals surface area (Å²) in [7, 11) is 0. The van der Waals surface area contributed by atoms with E-state index in [1.54, 1.807) is 0 Å². The number of amides is 1. The third kappa shape index (κ3) is 4.32. The Morgan fingerprint density at radius 1 is 1.21 bits per heavy atom. The van der Waals surface area contributed by atoms with Crippen molar-refractivity contribution in [3.05, 3.63) is 81.9 Å². The van der Waals surface area contributed by atoms with Crippen molar-refractivity contribution in [1.82, 2.24) is 15.1 Å². The van der Waals surface area contributed by atoms with Crippen LogP contribution in [-0.4, -0.2) is 33.4 Å². The van der Waals surface area contributed by atoms with Gasteiger partial charge in [0.1, 0.15) is 11.4 Å². The van der Waals surface area contributed by atoms with Gasteiger partial charge in [-0.3, -0.25) is 9.59 Å². The fourth-order valence-corrected chi connectivity index (χ4v) is 2.64. The standard InChI is InChI=1S/C21H20FN3O3/c1-13-6-8-15(9-7-13)19-11-18(20(27)23-12-14(2)26)21(28)25(24-19)17-5-3-4-16(22)10-17/h3-11,14,26H,12H2,1-2H3,(H,23,27)/t14-/m1/s1. The molecular weight excluding hydrogens is 361 g/mol. The van der Waals surface area contributed by atoms with Gasteiger partial charge in [-0.15, -0.1) is 0 Å². The van der Waals surface area contributed by atoms with E-state index in [2.05, 4.69) is 10.4 Å². The second-order valence-corrected chi connectivity index (χ2v) is 6.57. The zero-order chi connectivity index (χ0) is 20.3. The number of aliphatic hydroxyl groups is 1. The molecule has 0 bridgehead atoms. The third-order valence-electron chi connectivity index (χ3n) is 4.11. The summed E-state index contributed by atoms with van der Waals surface area (Å²) in [6.07, 6.45) is -0.757. The number of rotatable bonds is 5. The van der Waals surface area contributed by atoms with Crippen LogP contribution < -0.4 is 10.9 Å². The van der Waals surface area contributed by atoms with Crippen LogP contribution >= 0.6 is 0 Å². The molecule has 0 aliphatic carbocycles. The molecule has 28 heavy (non-hydrogen) atoms. The van der Waals surface area contributed by atoms with Gasteiger partial charge in [-0.05, 0) is 38.1 Å². The molecule has 3 aromatic rings. The number of aliphatic hydroxyl groups excluding tert-OH is 1. The first-order valence-corrected chi connectivity index (χ1v) is 8.79. The van der Waals surface area contributed by atoms with E-state index in [1.165, 1.54) is 37.3 Å². The predicted molar refractivity (Wildman–Crippen MR) is 104 cm³/mol. The molecule has 0 spiro atoms. The molecule has 0 aliphatic rings. The molecule has 1 aromatic heterocycles. The minimum atomic E-state index is -0.757. The van der Waals surface area contributed by atoms with Crippen LogP contribution in [0.2, 0.25) is 0 Å². The Kier molecular flexibility index (Phi) is 5.65. The summed E-state index contributed by atoms with van der Waals surface area (Å²) in [4.78, 5) is 25.4. The number of benzene rings is 2. The van der Waals surface area contributed by atoms with Crippen LogP contribution in [0.25, 0.3) is 16.9 Å². The Labute approximate surface area is 161 Å². The van der Waals surface area contributed by atoms with Gasteiger partial charge in [-0.2, -0.15) is 9.78 Å². The van der Waals surface area contributed by atoms with Crippen molar-refractivity contribution < 1.29 is 14.3 Å². The number of hydrogen-bond donors (Lipinski definition) is 2. The number of hydrogen-bond acceptors (Lipinski definition) is 4. The Morgan fingerprint density at radius 2 is 1.93 bits per heavy atom. The lowest BCUT2D eigenvalue weighted by atomic mass is 10.1. The number of nitrogens with one attached hydrogen (secondary N) is 1. The van der Waals surface area contributed by atoms with Crippen LogP contribution in [0.15, 0.2) is 59.4 Å². The maximum absolute atomic E-state index is 13.7. The Balaban J connectivity index is 2.17. The summed E-state index contributed by atoms with van der Waals surface area (Å²) in [5.41, 5.74) is 1.55. The number of aromatic nitrogens is 2. The molecule has 1 atom stereocenters. The SMILES string of the molecule is Cc1ccc(-c2cc(C(=O)NC[C@@H](C)O)c(=O)n(-c3cccc(F)c3)n2)cc1. The van der Waals surface area contributed by atoms with Gasteiger partial charge in [0.25, 0.3) is 11.5 Å². The average Bonchev–Trinajstić information content (AvgIpc) is 2.67. The quantitative estimate of drug-likeness (QED) is 0.711. The molecule has 0 unspecified atom stereocenters. The Morgan fingerprint density at radius 3 is 2.57 bits per heavy atom. The monoisotopic (exact) mass is 381 g/mol.